The summed E-state index contributed by atoms with van der Waals surface area (Å²) in [6, 6.07) is 7.82. The third-order valence-corrected chi connectivity index (χ3v) is 4.82. The summed E-state index contributed by atoms with van der Waals surface area (Å²) in [6.45, 7) is 1.30. The number of nitrogen functional groups attached to an aromatic ring is 1. The molecule has 1 heterocycles. The van der Waals surface area contributed by atoms with Gasteiger partial charge < -0.3 is 16.0 Å². The number of benzene rings is 2. The van der Waals surface area contributed by atoms with Crippen molar-refractivity contribution in [2.75, 3.05) is 24.1 Å². The van der Waals surface area contributed by atoms with E-state index in [0.717, 1.165) is 25.0 Å². The second kappa shape index (κ2) is 6.50. The zero-order valence-electron chi connectivity index (χ0n) is 14.4. The van der Waals surface area contributed by atoms with Gasteiger partial charge in [-0.3, -0.25) is 9.59 Å². The quantitative estimate of drug-likeness (QED) is 0.812. The zero-order chi connectivity index (χ0) is 19.1. The van der Waals surface area contributed by atoms with Crippen molar-refractivity contribution in [3.63, 3.8) is 0 Å². The summed E-state index contributed by atoms with van der Waals surface area (Å²) < 4.78 is 26.8. The van der Waals surface area contributed by atoms with E-state index in [0.29, 0.717) is 18.8 Å². The van der Waals surface area contributed by atoms with Crippen LogP contribution in [0.4, 0.5) is 20.2 Å². The number of hydrogen-bond acceptors (Lipinski definition) is 5. The van der Waals surface area contributed by atoms with Gasteiger partial charge in [0.15, 0.2) is 11.6 Å². The first-order valence-corrected chi connectivity index (χ1v) is 8.66. The molecule has 2 aromatic carbocycles. The van der Waals surface area contributed by atoms with Gasteiger partial charge in [0, 0.05) is 41.7 Å². The lowest BCUT2D eigenvalue weighted by atomic mass is 9.89. The van der Waals surface area contributed by atoms with Crippen LogP contribution < -0.4 is 11.1 Å². The highest BCUT2D eigenvalue weighted by Gasteiger charge is 2.36. The van der Waals surface area contributed by atoms with Crippen LogP contribution in [0.5, 0.6) is 0 Å². The summed E-state index contributed by atoms with van der Waals surface area (Å²) in [4.78, 5) is 28.1. The van der Waals surface area contributed by atoms with Gasteiger partial charge in [-0.2, -0.15) is 0 Å². The largest absolute Gasteiger partial charge is 0.399 e. The van der Waals surface area contributed by atoms with Crippen LogP contribution in [-0.4, -0.2) is 29.6 Å². The third-order valence-electron chi connectivity index (χ3n) is 4.82. The number of allylic oxidation sites excluding steroid dienone is 2. The number of anilines is 2. The van der Waals surface area contributed by atoms with Gasteiger partial charge in [0.2, 0.25) is 11.6 Å². The highest BCUT2D eigenvalue weighted by atomic mass is 19.2. The minimum absolute atomic E-state index is 0.0742. The Kier molecular flexibility index (Phi) is 4.14. The molecule has 3 N–H and O–H groups in total. The molecule has 138 valence electrons. The Morgan fingerprint density at radius 2 is 1.63 bits per heavy atom. The van der Waals surface area contributed by atoms with E-state index in [2.05, 4.69) is 5.32 Å². The number of carbonyl (C=O) groups is 2. The Bertz CT molecular complexity index is 995. The fourth-order valence-electron chi connectivity index (χ4n) is 3.51. The van der Waals surface area contributed by atoms with Crippen molar-refractivity contribution in [3.05, 3.63) is 70.6 Å². The van der Waals surface area contributed by atoms with Crippen LogP contribution in [0.3, 0.4) is 0 Å². The van der Waals surface area contributed by atoms with Gasteiger partial charge in [-0.15, -0.1) is 0 Å². The van der Waals surface area contributed by atoms with E-state index in [4.69, 9.17) is 5.73 Å². The topological polar surface area (TPSA) is 75.4 Å². The first-order chi connectivity index (χ1) is 13.0. The molecule has 0 atom stereocenters. The Morgan fingerprint density at radius 3 is 2.33 bits per heavy atom. The summed E-state index contributed by atoms with van der Waals surface area (Å²) in [6.07, 6.45) is 1.82. The predicted octanol–water partition coefficient (Wildman–Crippen LogP) is 3.35. The number of nitrogens with zero attached hydrogens (tertiary/aromatic N) is 1. The lowest BCUT2D eigenvalue weighted by molar-refractivity contribution is 0.0948. The Hall–Kier alpha value is -3.22. The molecule has 1 saturated heterocycles. The fourth-order valence-corrected chi connectivity index (χ4v) is 3.51. The van der Waals surface area contributed by atoms with Crippen molar-refractivity contribution in [2.45, 2.75) is 12.8 Å². The van der Waals surface area contributed by atoms with E-state index in [1.807, 2.05) is 4.90 Å². The number of halogens is 2. The summed E-state index contributed by atoms with van der Waals surface area (Å²) in [5.41, 5.74) is 7.21. The number of nitrogens with two attached hydrogens (primary N) is 1. The van der Waals surface area contributed by atoms with Crippen LogP contribution in [0.15, 0.2) is 47.8 Å². The SMILES string of the molecule is Nc1ccc2c(c1)C(=O)C(N1CCCC1)=C(Nc1ccc(F)c(F)c1)C2=O. The molecule has 0 unspecified atom stereocenters. The lowest BCUT2D eigenvalue weighted by Crippen LogP contribution is -2.35. The molecule has 0 amide bonds. The number of hydrogen-bond donors (Lipinski definition) is 2. The highest BCUT2D eigenvalue weighted by Crippen LogP contribution is 2.32. The molecule has 1 aliphatic heterocycles. The van der Waals surface area contributed by atoms with Crippen LogP contribution in [0, 0.1) is 11.6 Å². The maximum atomic E-state index is 13.6. The summed E-state index contributed by atoms with van der Waals surface area (Å²) in [5, 5.41) is 2.84. The van der Waals surface area contributed by atoms with Gasteiger partial charge >= 0.3 is 0 Å². The van der Waals surface area contributed by atoms with Crippen molar-refractivity contribution in [1.82, 2.24) is 4.90 Å². The van der Waals surface area contributed by atoms with Gasteiger partial charge in [-0.05, 0) is 43.2 Å². The third kappa shape index (κ3) is 2.95. The van der Waals surface area contributed by atoms with Crippen molar-refractivity contribution in [3.8, 4) is 0 Å². The van der Waals surface area contributed by atoms with Crippen molar-refractivity contribution in [2.24, 2.45) is 0 Å². The first-order valence-electron chi connectivity index (χ1n) is 8.66. The maximum Gasteiger partial charge on any atom is 0.212 e. The number of carbonyl (C=O) groups excluding carboxylic acids is 2. The average Bonchev–Trinajstić information content (AvgIpc) is 3.17. The van der Waals surface area contributed by atoms with E-state index in [1.165, 1.54) is 18.2 Å². The average molecular weight is 369 g/mol. The molecule has 1 fully saturated rings. The van der Waals surface area contributed by atoms with Crippen molar-refractivity contribution >= 4 is 22.9 Å². The molecule has 7 heteroatoms. The molecule has 0 radical (unpaired) electrons. The van der Waals surface area contributed by atoms with Gasteiger partial charge in [0.25, 0.3) is 0 Å². The normalized spacial score (nSPS) is 16.7. The molecule has 2 aliphatic rings. The number of nitrogens with one attached hydrogen (secondary N) is 1. The molecular weight excluding hydrogens is 352 g/mol. The summed E-state index contributed by atoms with van der Waals surface area (Å²) >= 11 is 0. The predicted molar refractivity (Wildman–Crippen MR) is 97.3 cm³/mol. The number of ketones is 2. The Morgan fingerprint density at radius 1 is 0.889 bits per heavy atom. The van der Waals surface area contributed by atoms with E-state index in [-0.39, 0.29) is 39.8 Å². The molecule has 4 rings (SSSR count). The standard InChI is InChI=1S/C20H17F2N3O2/c21-15-6-4-12(10-16(15)22)24-17-18(25-7-1-2-8-25)20(27)14-9-11(23)3-5-13(14)19(17)26/h3-6,9-10,24H,1-2,7-8,23H2. The number of rotatable bonds is 3. The number of likely N-dealkylation sites (tertiary alicyclic amines) is 1. The van der Waals surface area contributed by atoms with E-state index in [1.54, 1.807) is 6.07 Å². The Labute approximate surface area is 154 Å². The monoisotopic (exact) mass is 369 g/mol. The lowest BCUT2D eigenvalue weighted by Gasteiger charge is -2.28. The smallest absolute Gasteiger partial charge is 0.212 e. The highest BCUT2D eigenvalue weighted by molar-refractivity contribution is 6.27. The van der Waals surface area contributed by atoms with E-state index in [9.17, 15) is 18.4 Å². The fraction of sp³-hybridized carbons (Fsp3) is 0.200. The maximum absolute atomic E-state index is 13.6. The molecule has 2 aromatic rings. The van der Waals surface area contributed by atoms with Crippen molar-refractivity contribution in [1.29, 1.82) is 0 Å². The van der Waals surface area contributed by atoms with Crippen LogP contribution in [0.1, 0.15) is 33.6 Å². The second-order valence-electron chi connectivity index (χ2n) is 6.63. The molecule has 1 aliphatic carbocycles. The second-order valence-corrected chi connectivity index (χ2v) is 6.63. The van der Waals surface area contributed by atoms with Crippen LogP contribution in [0.25, 0.3) is 0 Å². The van der Waals surface area contributed by atoms with Gasteiger partial charge in [-0.25, -0.2) is 8.78 Å². The molecule has 5 nitrogen and oxygen atoms in total. The summed E-state index contributed by atoms with van der Waals surface area (Å²) in [7, 11) is 0. The van der Waals surface area contributed by atoms with Gasteiger partial charge in [0.1, 0.15) is 11.4 Å². The van der Waals surface area contributed by atoms with Crippen LogP contribution >= 0.6 is 0 Å². The molecule has 0 aromatic heterocycles. The Balaban J connectivity index is 1.84. The van der Waals surface area contributed by atoms with Crippen molar-refractivity contribution < 1.29 is 18.4 Å². The summed E-state index contributed by atoms with van der Waals surface area (Å²) in [5.74, 6) is -2.70. The van der Waals surface area contributed by atoms with Gasteiger partial charge in [-0.1, -0.05) is 0 Å². The van der Waals surface area contributed by atoms with Crippen LogP contribution in [-0.2, 0) is 0 Å². The minimum atomic E-state index is -1.04. The number of fused-ring (bicyclic) bond motifs is 1. The van der Waals surface area contributed by atoms with E-state index >= 15 is 0 Å². The molecule has 0 bridgehead atoms. The minimum Gasteiger partial charge on any atom is -0.399 e. The van der Waals surface area contributed by atoms with E-state index < -0.39 is 11.6 Å². The molecule has 0 saturated carbocycles. The van der Waals surface area contributed by atoms with Gasteiger partial charge in [0.05, 0.1) is 0 Å². The first kappa shape index (κ1) is 17.2. The number of Topliss-reactive ketones (excluding diaryl/α,β-unsaturated/α-hetero) is 2. The van der Waals surface area contributed by atoms with Crippen LogP contribution in [0.2, 0.25) is 0 Å². The molecule has 0 spiro atoms. The molecular formula is C20H17F2N3O2. The molecule has 27 heavy (non-hydrogen) atoms. The zero-order valence-corrected chi connectivity index (χ0v) is 14.4.